The summed E-state index contributed by atoms with van der Waals surface area (Å²) in [4.78, 5) is 25.6. The van der Waals surface area contributed by atoms with Crippen molar-refractivity contribution in [3.63, 3.8) is 0 Å². The summed E-state index contributed by atoms with van der Waals surface area (Å²) in [6.07, 6.45) is 0.424. The Kier molecular flexibility index (Phi) is 10.1. The number of alkyl carbamates (subject to hydrolysis) is 1. The van der Waals surface area contributed by atoms with Crippen molar-refractivity contribution >= 4 is 46.2 Å². The van der Waals surface area contributed by atoms with E-state index in [1.807, 2.05) is 65.9 Å². The number of carbonyl (C=O) groups is 2. The van der Waals surface area contributed by atoms with Gasteiger partial charge < -0.3 is 24.5 Å². The molecule has 0 aliphatic carbocycles. The predicted molar refractivity (Wildman–Crippen MR) is 179 cm³/mol. The minimum Gasteiger partial charge on any atom is -0.494 e. The maximum Gasteiger partial charge on any atom is 0.407 e. The molecule has 242 valence electrons. The van der Waals surface area contributed by atoms with Gasteiger partial charge in [-0.2, -0.15) is 5.10 Å². The molecule has 2 heterocycles. The zero-order chi connectivity index (χ0) is 33.4. The molecule has 0 saturated heterocycles. The van der Waals surface area contributed by atoms with Crippen molar-refractivity contribution in [1.82, 2.24) is 19.7 Å². The van der Waals surface area contributed by atoms with Crippen LogP contribution in [0.4, 0.5) is 4.79 Å². The average Bonchev–Trinajstić information content (AvgIpc) is 3.40. The maximum absolute atomic E-state index is 13.0. The van der Waals surface area contributed by atoms with Crippen LogP contribution in [0, 0.1) is 27.7 Å². The highest BCUT2D eigenvalue weighted by molar-refractivity contribution is 6.35. The van der Waals surface area contributed by atoms with Gasteiger partial charge in [0.05, 0.1) is 22.8 Å². The summed E-state index contributed by atoms with van der Waals surface area (Å²) in [6.45, 7) is 15.5. The van der Waals surface area contributed by atoms with Crippen LogP contribution in [0.1, 0.15) is 78.7 Å². The Hall–Kier alpha value is -3.69. The molecule has 2 N–H and O–H groups in total. The van der Waals surface area contributed by atoms with Crippen molar-refractivity contribution in [3.8, 4) is 16.9 Å². The summed E-state index contributed by atoms with van der Waals surface area (Å²) in [5, 5.41) is 20.1. The van der Waals surface area contributed by atoms with Gasteiger partial charge in [0.15, 0.2) is 0 Å². The van der Waals surface area contributed by atoms with Gasteiger partial charge in [0.1, 0.15) is 17.0 Å². The van der Waals surface area contributed by atoms with Crippen molar-refractivity contribution in [2.75, 3.05) is 13.2 Å². The summed E-state index contributed by atoms with van der Waals surface area (Å²) in [5.74, 6) is -0.356. The monoisotopic (exact) mass is 656 g/mol. The summed E-state index contributed by atoms with van der Waals surface area (Å²) in [6, 6.07) is 7.02. The van der Waals surface area contributed by atoms with Gasteiger partial charge in [-0.3, -0.25) is 4.68 Å². The number of aromatic nitrogens is 3. The van der Waals surface area contributed by atoms with Crippen molar-refractivity contribution < 1.29 is 24.2 Å². The standard InChI is InChI=1S/C34H42Cl2N4O5/c1-18-15-23(16-19(2)29(18)36)44-14-10-11-24-25-12-13-26(35)28(27-21(4)38-39(9)22(27)5)30(25)40(31(24)32(41)42)20(3)17-37-33(43)45-34(6,7)8/h12-13,15-16,20H,10-11,14,17H2,1-9H3,(H,37,43)(H,41,42). The smallest absolute Gasteiger partial charge is 0.407 e. The third kappa shape index (κ3) is 7.25. The number of amides is 1. The molecule has 11 heteroatoms. The number of aromatic carboxylic acids is 1. The number of hydrogen-bond acceptors (Lipinski definition) is 5. The third-order valence-electron chi connectivity index (χ3n) is 7.81. The first-order valence-electron chi connectivity index (χ1n) is 15.0. The zero-order valence-corrected chi connectivity index (χ0v) is 28.9. The Morgan fingerprint density at radius 2 is 1.71 bits per heavy atom. The SMILES string of the molecule is Cc1cc(OCCCc2c(C(=O)O)n(C(C)CNC(=O)OC(C)(C)C)c3c(-c4c(C)nn(C)c4C)c(Cl)ccc23)cc(C)c1Cl. The van der Waals surface area contributed by atoms with E-state index in [1.54, 1.807) is 30.0 Å². The van der Waals surface area contributed by atoms with E-state index in [2.05, 4.69) is 10.4 Å². The lowest BCUT2D eigenvalue weighted by Gasteiger charge is -2.23. The van der Waals surface area contributed by atoms with Crippen molar-refractivity contribution in [3.05, 3.63) is 68.1 Å². The van der Waals surface area contributed by atoms with Crippen LogP contribution < -0.4 is 10.1 Å². The van der Waals surface area contributed by atoms with Gasteiger partial charge in [0.25, 0.3) is 0 Å². The number of nitrogens with one attached hydrogen (secondary N) is 1. The fourth-order valence-corrected chi connectivity index (χ4v) is 6.17. The molecule has 0 radical (unpaired) electrons. The molecule has 0 saturated carbocycles. The van der Waals surface area contributed by atoms with Crippen LogP contribution in [0.15, 0.2) is 24.3 Å². The number of hydrogen-bond donors (Lipinski definition) is 2. The number of aryl methyl sites for hydroxylation is 5. The lowest BCUT2D eigenvalue weighted by Crippen LogP contribution is -2.35. The number of halogens is 2. The molecule has 4 rings (SSSR count). The fraction of sp³-hybridized carbons (Fsp3) is 0.441. The Morgan fingerprint density at radius 1 is 1.07 bits per heavy atom. The molecule has 0 spiro atoms. The van der Waals surface area contributed by atoms with Crippen LogP contribution in [-0.4, -0.2) is 50.3 Å². The van der Waals surface area contributed by atoms with Gasteiger partial charge in [-0.05, 0) is 103 Å². The number of carboxylic acid groups (broad SMARTS) is 1. The summed E-state index contributed by atoms with van der Waals surface area (Å²) in [5.41, 5.74) is 5.91. The number of ether oxygens (including phenoxy) is 2. The van der Waals surface area contributed by atoms with Gasteiger partial charge in [0, 0.05) is 46.9 Å². The van der Waals surface area contributed by atoms with E-state index in [0.29, 0.717) is 51.9 Å². The molecule has 2 aromatic carbocycles. The molecule has 9 nitrogen and oxygen atoms in total. The minimum atomic E-state index is -1.07. The van der Waals surface area contributed by atoms with Crippen molar-refractivity contribution in [2.24, 2.45) is 7.05 Å². The molecular formula is C34H42Cl2N4O5. The summed E-state index contributed by atoms with van der Waals surface area (Å²) in [7, 11) is 1.87. The minimum absolute atomic E-state index is 0.133. The normalized spacial score (nSPS) is 12.4. The molecule has 0 bridgehead atoms. The Balaban J connectivity index is 1.81. The second-order valence-electron chi connectivity index (χ2n) is 12.5. The van der Waals surface area contributed by atoms with Crippen LogP contribution in [0.25, 0.3) is 22.0 Å². The second-order valence-corrected chi connectivity index (χ2v) is 13.3. The predicted octanol–water partition coefficient (Wildman–Crippen LogP) is 8.38. The lowest BCUT2D eigenvalue weighted by molar-refractivity contribution is 0.0521. The first kappa shape index (κ1) is 34.2. The van der Waals surface area contributed by atoms with Crippen molar-refractivity contribution in [1.29, 1.82) is 0 Å². The third-order valence-corrected chi connectivity index (χ3v) is 8.72. The van der Waals surface area contributed by atoms with E-state index in [9.17, 15) is 14.7 Å². The molecule has 1 unspecified atom stereocenters. The first-order valence-corrected chi connectivity index (χ1v) is 15.7. The summed E-state index contributed by atoms with van der Waals surface area (Å²) >= 11 is 13.2. The molecule has 4 aromatic rings. The molecule has 1 amide bonds. The van der Waals surface area contributed by atoms with Gasteiger partial charge in [-0.1, -0.05) is 29.3 Å². The van der Waals surface area contributed by atoms with E-state index < -0.39 is 23.7 Å². The number of carboxylic acids is 1. The quantitative estimate of drug-likeness (QED) is 0.166. The molecule has 2 aromatic heterocycles. The Bertz CT molecular complexity index is 1740. The van der Waals surface area contributed by atoms with Crippen LogP contribution in [0.2, 0.25) is 10.0 Å². The Labute approximate surface area is 274 Å². The topological polar surface area (TPSA) is 108 Å². The number of fused-ring (bicyclic) bond motifs is 1. The number of carbonyl (C=O) groups excluding carboxylic acids is 1. The van der Waals surface area contributed by atoms with Gasteiger partial charge in [0.2, 0.25) is 0 Å². The highest BCUT2D eigenvalue weighted by atomic mass is 35.5. The zero-order valence-electron chi connectivity index (χ0n) is 27.4. The van der Waals surface area contributed by atoms with Gasteiger partial charge in [-0.15, -0.1) is 0 Å². The van der Waals surface area contributed by atoms with Gasteiger partial charge >= 0.3 is 12.1 Å². The maximum atomic E-state index is 13.0. The fourth-order valence-electron chi connectivity index (χ4n) is 5.81. The number of nitrogens with zero attached hydrogens (tertiary/aromatic N) is 3. The largest absolute Gasteiger partial charge is 0.494 e. The molecule has 0 aliphatic heterocycles. The number of rotatable bonds is 10. The molecule has 45 heavy (non-hydrogen) atoms. The number of benzene rings is 2. The first-order chi connectivity index (χ1) is 21.0. The molecule has 0 fully saturated rings. The van der Waals surface area contributed by atoms with Crippen molar-refractivity contribution in [2.45, 2.75) is 79.9 Å². The van der Waals surface area contributed by atoms with E-state index >= 15 is 0 Å². The van der Waals surface area contributed by atoms with Crippen LogP contribution in [0.3, 0.4) is 0 Å². The summed E-state index contributed by atoms with van der Waals surface area (Å²) < 4.78 is 15.1. The van der Waals surface area contributed by atoms with Crippen LogP contribution in [0.5, 0.6) is 5.75 Å². The van der Waals surface area contributed by atoms with E-state index in [0.717, 1.165) is 33.5 Å². The highest BCUT2D eigenvalue weighted by Gasteiger charge is 2.30. The van der Waals surface area contributed by atoms with Gasteiger partial charge in [-0.25, -0.2) is 9.59 Å². The van der Waals surface area contributed by atoms with E-state index in [1.165, 1.54) is 0 Å². The Morgan fingerprint density at radius 3 is 2.27 bits per heavy atom. The van der Waals surface area contributed by atoms with Crippen LogP contribution in [-0.2, 0) is 18.2 Å². The average molecular weight is 658 g/mol. The van der Waals surface area contributed by atoms with E-state index in [4.69, 9.17) is 32.7 Å². The van der Waals surface area contributed by atoms with E-state index in [-0.39, 0.29) is 12.2 Å². The molecular weight excluding hydrogens is 615 g/mol. The highest BCUT2D eigenvalue weighted by Crippen LogP contribution is 2.43. The molecule has 0 aliphatic rings. The lowest BCUT2D eigenvalue weighted by atomic mass is 9.98. The van der Waals surface area contributed by atoms with Crippen LogP contribution >= 0.6 is 23.2 Å². The second kappa shape index (κ2) is 13.3. The molecule has 1 atom stereocenters.